The highest BCUT2D eigenvalue weighted by Gasteiger charge is 2.11. The Morgan fingerprint density at radius 3 is 2.39 bits per heavy atom. The molecule has 2 N–H and O–H groups in total. The lowest BCUT2D eigenvalue weighted by atomic mass is 10.2. The lowest BCUT2D eigenvalue weighted by molar-refractivity contribution is -0.384. The van der Waals surface area contributed by atoms with Crippen molar-refractivity contribution in [2.24, 2.45) is 0 Å². The van der Waals surface area contributed by atoms with Crippen LogP contribution in [-0.4, -0.2) is 41.8 Å². The number of hydrogen-bond donors (Lipinski definition) is 2. The van der Waals surface area contributed by atoms with E-state index in [1.165, 1.54) is 18.2 Å². The number of carbonyl (C=O) groups is 2. The second-order valence-electron chi connectivity index (χ2n) is 6.02. The van der Waals surface area contributed by atoms with Crippen molar-refractivity contribution in [1.82, 2.24) is 4.90 Å². The summed E-state index contributed by atoms with van der Waals surface area (Å²) in [5.74, 6) is -0.572. The lowest BCUT2D eigenvalue weighted by Gasteiger charge is -2.16. The zero-order valence-electron chi connectivity index (χ0n) is 14.9. The zero-order chi connectivity index (χ0) is 20.7. The van der Waals surface area contributed by atoms with E-state index in [2.05, 4.69) is 10.6 Å². The molecule has 2 rings (SSSR count). The van der Waals surface area contributed by atoms with Crippen molar-refractivity contribution in [1.29, 1.82) is 0 Å². The molecule has 0 aromatic heterocycles. The molecule has 0 saturated carbocycles. The summed E-state index contributed by atoms with van der Waals surface area (Å²) < 4.78 is 0. The first kappa shape index (κ1) is 21.6. The van der Waals surface area contributed by atoms with E-state index in [1.807, 2.05) is 0 Å². The van der Waals surface area contributed by atoms with Crippen LogP contribution in [0.1, 0.15) is 6.42 Å². The molecule has 2 amide bonds. The number of likely N-dealkylation sites (N-methyl/N-ethyl adjacent to an activating group) is 1. The van der Waals surface area contributed by atoms with Crippen LogP contribution in [0.2, 0.25) is 10.0 Å². The van der Waals surface area contributed by atoms with Crippen LogP contribution in [0.3, 0.4) is 0 Å². The predicted octanol–water partition coefficient (Wildman–Crippen LogP) is 3.80. The van der Waals surface area contributed by atoms with Crippen LogP contribution in [0, 0.1) is 10.1 Å². The molecule has 0 heterocycles. The Balaban J connectivity index is 1.78. The van der Waals surface area contributed by atoms with Crippen LogP contribution >= 0.6 is 23.2 Å². The first-order valence-corrected chi connectivity index (χ1v) is 8.98. The van der Waals surface area contributed by atoms with Crippen LogP contribution in [0.5, 0.6) is 0 Å². The molecule has 0 saturated heterocycles. The maximum atomic E-state index is 12.1. The van der Waals surface area contributed by atoms with E-state index in [0.717, 1.165) is 0 Å². The third-order valence-corrected chi connectivity index (χ3v) is 4.42. The van der Waals surface area contributed by atoms with Crippen molar-refractivity contribution in [2.45, 2.75) is 6.42 Å². The summed E-state index contributed by atoms with van der Waals surface area (Å²) >= 11 is 11.7. The molecule has 0 aliphatic heterocycles. The maximum Gasteiger partial charge on any atom is 0.271 e. The van der Waals surface area contributed by atoms with E-state index in [-0.39, 0.29) is 30.5 Å². The van der Waals surface area contributed by atoms with Gasteiger partial charge in [-0.15, -0.1) is 0 Å². The van der Waals surface area contributed by atoms with Gasteiger partial charge >= 0.3 is 0 Å². The summed E-state index contributed by atoms with van der Waals surface area (Å²) in [4.78, 5) is 36.0. The van der Waals surface area contributed by atoms with Gasteiger partial charge in [-0.2, -0.15) is 0 Å². The van der Waals surface area contributed by atoms with Crippen molar-refractivity contribution < 1.29 is 14.5 Å². The molecule has 0 bridgehead atoms. The largest absolute Gasteiger partial charge is 0.326 e. The number of rotatable bonds is 8. The van der Waals surface area contributed by atoms with E-state index in [0.29, 0.717) is 28.0 Å². The SMILES string of the molecule is CN(CCC(=O)Nc1cccc([N+](=O)[O-])c1)CC(=O)Nc1ccc(Cl)c(Cl)c1. The molecule has 0 aliphatic rings. The Bertz CT molecular complexity index is 892. The summed E-state index contributed by atoms with van der Waals surface area (Å²) in [5.41, 5.74) is 0.768. The molecule has 0 aliphatic carbocycles. The fraction of sp³-hybridized carbons (Fsp3) is 0.222. The van der Waals surface area contributed by atoms with Crippen LogP contribution in [0.4, 0.5) is 17.1 Å². The molecule has 0 atom stereocenters. The highest BCUT2D eigenvalue weighted by Crippen LogP contribution is 2.25. The van der Waals surface area contributed by atoms with E-state index < -0.39 is 4.92 Å². The predicted molar refractivity (Wildman–Crippen MR) is 109 cm³/mol. The minimum atomic E-state index is -0.532. The molecule has 28 heavy (non-hydrogen) atoms. The highest BCUT2D eigenvalue weighted by atomic mass is 35.5. The standard InChI is InChI=1S/C18H18Cl2N4O4/c1-23(11-18(26)22-13-5-6-15(19)16(20)10-13)8-7-17(25)21-12-3-2-4-14(9-12)24(27)28/h2-6,9-10H,7-8,11H2,1H3,(H,21,25)(H,22,26). The van der Waals surface area contributed by atoms with Crippen LogP contribution in [0.15, 0.2) is 42.5 Å². The smallest absolute Gasteiger partial charge is 0.271 e. The van der Waals surface area contributed by atoms with Gasteiger partial charge < -0.3 is 10.6 Å². The summed E-state index contributed by atoms with van der Waals surface area (Å²) in [7, 11) is 1.70. The van der Waals surface area contributed by atoms with E-state index in [9.17, 15) is 19.7 Å². The van der Waals surface area contributed by atoms with Crippen molar-refractivity contribution in [2.75, 3.05) is 30.8 Å². The van der Waals surface area contributed by atoms with Gasteiger partial charge in [-0.05, 0) is 31.3 Å². The van der Waals surface area contributed by atoms with Gasteiger partial charge in [0.15, 0.2) is 0 Å². The van der Waals surface area contributed by atoms with E-state index in [4.69, 9.17) is 23.2 Å². The van der Waals surface area contributed by atoms with Crippen LogP contribution in [-0.2, 0) is 9.59 Å². The lowest BCUT2D eigenvalue weighted by Crippen LogP contribution is -2.32. The number of amides is 2. The molecule has 148 valence electrons. The highest BCUT2D eigenvalue weighted by molar-refractivity contribution is 6.42. The average molecular weight is 425 g/mol. The second kappa shape index (κ2) is 10.0. The zero-order valence-corrected chi connectivity index (χ0v) is 16.5. The van der Waals surface area contributed by atoms with Gasteiger partial charge in [0.25, 0.3) is 5.69 Å². The Morgan fingerprint density at radius 2 is 1.71 bits per heavy atom. The number of non-ortho nitro benzene ring substituents is 1. The minimum absolute atomic E-state index is 0.0737. The van der Waals surface area contributed by atoms with E-state index >= 15 is 0 Å². The van der Waals surface area contributed by atoms with Crippen molar-refractivity contribution in [3.8, 4) is 0 Å². The third-order valence-electron chi connectivity index (χ3n) is 3.68. The molecule has 2 aromatic rings. The molecule has 0 spiro atoms. The monoisotopic (exact) mass is 424 g/mol. The van der Waals surface area contributed by atoms with Gasteiger partial charge in [-0.1, -0.05) is 29.3 Å². The summed E-state index contributed by atoms with van der Waals surface area (Å²) in [5, 5.41) is 16.8. The Hall–Kier alpha value is -2.68. The summed E-state index contributed by atoms with van der Waals surface area (Å²) in [6, 6.07) is 10.5. The quantitative estimate of drug-likeness (QED) is 0.495. The first-order chi connectivity index (χ1) is 13.2. The number of carbonyl (C=O) groups excluding carboxylic acids is 2. The Kier molecular flexibility index (Phi) is 7.74. The minimum Gasteiger partial charge on any atom is -0.326 e. The van der Waals surface area contributed by atoms with Crippen molar-refractivity contribution >= 4 is 52.1 Å². The number of nitro groups is 1. The fourth-order valence-electron chi connectivity index (χ4n) is 2.31. The first-order valence-electron chi connectivity index (χ1n) is 8.22. The Labute approximate surface area is 171 Å². The number of nitrogens with one attached hydrogen (secondary N) is 2. The molecule has 10 heteroatoms. The van der Waals surface area contributed by atoms with Gasteiger partial charge in [0.1, 0.15) is 0 Å². The van der Waals surface area contributed by atoms with Crippen LogP contribution in [0.25, 0.3) is 0 Å². The van der Waals surface area contributed by atoms with Crippen LogP contribution < -0.4 is 10.6 Å². The summed E-state index contributed by atoms with van der Waals surface area (Å²) in [6.45, 7) is 0.403. The number of nitro benzene ring substituents is 1. The topological polar surface area (TPSA) is 105 Å². The van der Waals surface area contributed by atoms with Crippen molar-refractivity contribution in [3.05, 3.63) is 62.6 Å². The Morgan fingerprint density at radius 1 is 1.04 bits per heavy atom. The molecular formula is C18H18Cl2N4O4. The van der Waals surface area contributed by atoms with Gasteiger partial charge in [0.05, 0.1) is 21.5 Å². The normalized spacial score (nSPS) is 10.6. The average Bonchev–Trinajstić information content (AvgIpc) is 2.63. The number of nitrogens with zero attached hydrogens (tertiary/aromatic N) is 2. The second-order valence-corrected chi connectivity index (χ2v) is 6.83. The molecule has 0 fully saturated rings. The van der Waals surface area contributed by atoms with Crippen molar-refractivity contribution in [3.63, 3.8) is 0 Å². The van der Waals surface area contributed by atoms with Gasteiger partial charge in [0.2, 0.25) is 11.8 Å². The van der Waals surface area contributed by atoms with E-state index in [1.54, 1.807) is 36.2 Å². The number of benzene rings is 2. The summed E-state index contributed by atoms with van der Waals surface area (Å²) in [6.07, 6.45) is 0.124. The van der Waals surface area contributed by atoms with Gasteiger partial charge in [-0.25, -0.2) is 0 Å². The number of hydrogen-bond acceptors (Lipinski definition) is 5. The van der Waals surface area contributed by atoms with Gasteiger partial charge in [0, 0.05) is 36.5 Å². The molecule has 8 nitrogen and oxygen atoms in total. The van der Waals surface area contributed by atoms with Gasteiger partial charge in [-0.3, -0.25) is 24.6 Å². The maximum absolute atomic E-state index is 12.1. The molecule has 0 unspecified atom stereocenters. The number of anilines is 2. The molecular weight excluding hydrogens is 407 g/mol. The molecule has 0 radical (unpaired) electrons. The third kappa shape index (κ3) is 6.80. The fourth-order valence-corrected chi connectivity index (χ4v) is 2.61. The molecule has 2 aromatic carbocycles. The number of halogens is 2.